The summed E-state index contributed by atoms with van der Waals surface area (Å²) in [7, 11) is 2.76. The van der Waals surface area contributed by atoms with Gasteiger partial charge in [0.2, 0.25) is 0 Å². The molecule has 1 aromatic heterocycles. The summed E-state index contributed by atoms with van der Waals surface area (Å²) in [5.74, 6) is -1.83. The first-order valence-electron chi connectivity index (χ1n) is 10.6. The summed E-state index contributed by atoms with van der Waals surface area (Å²) in [6.07, 6.45) is 1.61. The Hall–Kier alpha value is -3.55. The van der Waals surface area contributed by atoms with Gasteiger partial charge in [0.15, 0.2) is 11.5 Å². The average Bonchev–Trinajstić information content (AvgIpc) is 3.09. The molecule has 0 spiro atoms. The van der Waals surface area contributed by atoms with Gasteiger partial charge in [-0.3, -0.25) is 14.6 Å². The van der Waals surface area contributed by atoms with Crippen LogP contribution in [0.3, 0.4) is 0 Å². The number of hydrogen-bond acceptors (Lipinski definition) is 6. The predicted octanol–water partition coefficient (Wildman–Crippen LogP) is 5.34. The number of pyridine rings is 1. The summed E-state index contributed by atoms with van der Waals surface area (Å²) < 4.78 is 10.6. The van der Waals surface area contributed by atoms with Gasteiger partial charge in [0.25, 0.3) is 11.7 Å². The van der Waals surface area contributed by atoms with E-state index in [0.29, 0.717) is 11.3 Å². The van der Waals surface area contributed by atoms with E-state index in [2.05, 4.69) is 4.98 Å². The highest BCUT2D eigenvalue weighted by Crippen LogP contribution is 2.47. The third kappa shape index (κ3) is 4.33. The fourth-order valence-electron chi connectivity index (χ4n) is 4.22. The number of aromatic nitrogens is 1. The second-order valence-electron chi connectivity index (χ2n) is 7.89. The van der Waals surface area contributed by atoms with Crippen LogP contribution in [0.4, 0.5) is 0 Å². The lowest BCUT2D eigenvalue weighted by Crippen LogP contribution is -2.29. The predicted molar refractivity (Wildman–Crippen MR) is 133 cm³/mol. The second-order valence-corrected chi connectivity index (χ2v) is 8.68. The Morgan fingerprint density at radius 1 is 1.06 bits per heavy atom. The maximum atomic E-state index is 13.3. The molecule has 7 nitrogen and oxygen atoms in total. The zero-order valence-corrected chi connectivity index (χ0v) is 20.7. The molecule has 0 saturated carbocycles. The van der Waals surface area contributed by atoms with Gasteiger partial charge in [-0.15, -0.1) is 0 Å². The SMILES string of the molecule is COc1c(Cl)cc(/C(O)=C2\C(=O)C(=O)N(Cc3ccccn3)C2c2ccccc2C)c(OC)c1Cl. The van der Waals surface area contributed by atoms with Crippen molar-refractivity contribution < 1.29 is 24.2 Å². The number of ether oxygens (including phenoxy) is 2. The highest BCUT2D eigenvalue weighted by molar-refractivity contribution is 6.47. The topological polar surface area (TPSA) is 89.0 Å². The minimum atomic E-state index is -0.873. The second kappa shape index (κ2) is 9.98. The molecule has 1 atom stereocenters. The number of aryl methyl sites for hydroxylation is 1. The van der Waals surface area contributed by atoms with Crippen LogP contribution >= 0.6 is 23.2 Å². The first-order chi connectivity index (χ1) is 16.8. The molecule has 1 unspecified atom stereocenters. The number of Topliss-reactive ketones (excluding diaryl/α,β-unsaturated/α-hetero) is 1. The number of methoxy groups -OCH3 is 2. The fourth-order valence-corrected chi connectivity index (χ4v) is 4.90. The number of benzene rings is 2. The zero-order chi connectivity index (χ0) is 25.3. The summed E-state index contributed by atoms with van der Waals surface area (Å²) in [6.45, 7) is 1.94. The Bertz CT molecular complexity index is 1340. The molecule has 1 N–H and O–H groups in total. The van der Waals surface area contributed by atoms with Crippen LogP contribution in [-0.4, -0.2) is 40.9 Å². The van der Waals surface area contributed by atoms with E-state index in [4.69, 9.17) is 32.7 Å². The van der Waals surface area contributed by atoms with E-state index in [1.165, 1.54) is 25.2 Å². The maximum absolute atomic E-state index is 13.3. The molecule has 35 heavy (non-hydrogen) atoms. The van der Waals surface area contributed by atoms with Crippen LogP contribution < -0.4 is 9.47 Å². The number of likely N-dealkylation sites (tertiary alicyclic amines) is 1. The summed E-state index contributed by atoms with van der Waals surface area (Å²) in [6, 6.07) is 13.2. The highest BCUT2D eigenvalue weighted by Gasteiger charge is 2.47. The van der Waals surface area contributed by atoms with Crippen molar-refractivity contribution in [2.75, 3.05) is 14.2 Å². The van der Waals surface area contributed by atoms with Gasteiger partial charge in [0.1, 0.15) is 10.8 Å². The monoisotopic (exact) mass is 512 g/mol. The van der Waals surface area contributed by atoms with Crippen LogP contribution in [0.15, 0.2) is 60.3 Å². The molecular formula is C26H22Cl2N2O5. The first kappa shape index (κ1) is 24.6. The molecule has 2 aromatic carbocycles. The van der Waals surface area contributed by atoms with Gasteiger partial charge in [0.05, 0.1) is 48.7 Å². The van der Waals surface area contributed by atoms with Gasteiger partial charge in [-0.05, 0) is 36.2 Å². The van der Waals surface area contributed by atoms with E-state index < -0.39 is 23.5 Å². The van der Waals surface area contributed by atoms with Gasteiger partial charge >= 0.3 is 0 Å². The Morgan fingerprint density at radius 2 is 1.74 bits per heavy atom. The van der Waals surface area contributed by atoms with E-state index >= 15 is 0 Å². The summed E-state index contributed by atoms with van der Waals surface area (Å²) in [5.41, 5.74) is 2.09. The Kier molecular flexibility index (Phi) is 7.00. The first-order valence-corrected chi connectivity index (χ1v) is 11.4. The molecule has 2 heterocycles. The van der Waals surface area contributed by atoms with E-state index in [-0.39, 0.29) is 39.2 Å². The number of aliphatic hydroxyl groups is 1. The number of amides is 1. The number of carbonyl (C=O) groups is 2. The molecule has 0 bridgehead atoms. The Morgan fingerprint density at radius 3 is 2.37 bits per heavy atom. The number of nitrogens with zero attached hydrogens (tertiary/aromatic N) is 2. The molecule has 1 saturated heterocycles. The largest absolute Gasteiger partial charge is 0.507 e. The summed E-state index contributed by atoms with van der Waals surface area (Å²) >= 11 is 12.7. The molecule has 1 fully saturated rings. The molecule has 180 valence electrons. The minimum Gasteiger partial charge on any atom is -0.507 e. The smallest absolute Gasteiger partial charge is 0.296 e. The van der Waals surface area contributed by atoms with Crippen LogP contribution in [0.25, 0.3) is 5.76 Å². The van der Waals surface area contributed by atoms with Crippen LogP contribution in [0.1, 0.15) is 28.4 Å². The molecule has 4 rings (SSSR count). The molecule has 9 heteroatoms. The molecule has 1 aliphatic heterocycles. The van der Waals surface area contributed by atoms with Crippen molar-refractivity contribution in [1.82, 2.24) is 9.88 Å². The van der Waals surface area contributed by atoms with Crippen LogP contribution in [0, 0.1) is 6.92 Å². The van der Waals surface area contributed by atoms with Gasteiger partial charge in [-0.1, -0.05) is 53.5 Å². The van der Waals surface area contributed by atoms with E-state index in [9.17, 15) is 14.7 Å². The molecular weight excluding hydrogens is 491 g/mol. The number of halogens is 2. The summed E-state index contributed by atoms with van der Waals surface area (Å²) in [4.78, 5) is 32.3. The lowest BCUT2D eigenvalue weighted by Gasteiger charge is -2.26. The van der Waals surface area contributed by atoms with Gasteiger partial charge in [-0.25, -0.2) is 0 Å². The third-order valence-corrected chi connectivity index (χ3v) is 6.50. The molecule has 0 radical (unpaired) electrons. The van der Waals surface area contributed by atoms with Crippen molar-refractivity contribution in [3.05, 3.63) is 92.7 Å². The number of hydrogen-bond donors (Lipinski definition) is 1. The molecule has 0 aliphatic carbocycles. The van der Waals surface area contributed by atoms with E-state index in [1.54, 1.807) is 24.4 Å². The quantitative estimate of drug-likeness (QED) is 0.272. The van der Waals surface area contributed by atoms with E-state index in [0.717, 1.165) is 5.56 Å². The van der Waals surface area contributed by atoms with Gasteiger partial charge < -0.3 is 19.5 Å². The lowest BCUT2D eigenvalue weighted by molar-refractivity contribution is -0.140. The van der Waals surface area contributed by atoms with Crippen LogP contribution in [0.5, 0.6) is 11.5 Å². The summed E-state index contributed by atoms with van der Waals surface area (Å²) in [5, 5.41) is 11.6. The highest BCUT2D eigenvalue weighted by atomic mass is 35.5. The Labute approximate surface area is 212 Å². The van der Waals surface area contributed by atoms with Gasteiger partial charge in [-0.2, -0.15) is 0 Å². The van der Waals surface area contributed by atoms with Crippen molar-refractivity contribution >= 4 is 40.7 Å². The number of rotatable bonds is 6. The average molecular weight is 513 g/mol. The van der Waals surface area contributed by atoms with Crippen molar-refractivity contribution in [3.63, 3.8) is 0 Å². The maximum Gasteiger partial charge on any atom is 0.296 e. The van der Waals surface area contributed by atoms with E-state index in [1.807, 2.05) is 31.2 Å². The standard InChI is InChI=1S/C26H22Cl2N2O5/c1-14-8-4-5-10-16(14)21-19(23(32)26(33)30(21)13-15-9-6-7-11-29-15)22(31)17-12-18(27)25(35-3)20(28)24(17)34-2/h4-12,21,31H,13H2,1-3H3/b22-19+. The lowest BCUT2D eigenvalue weighted by atomic mass is 9.92. The van der Waals surface area contributed by atoms with Crippen molar-refractivity contribution in [2.24, 2.45) is 0 Å². The Balaban J connectivity index is 1.97. The van der Waals surface area contributed by atoms with Crippen molar-refractivity contribution in [1.29, 1.82) is 0 Å². The van der Waals surface area contributed by atoms with Crippen LogP contribution in [-0.2, 0) is 16.1 Å². The number of carbonyl (C=O) groups excluding carboxylic acids is 2. The molecule has 3 aromatic rings. The third-order valence-electron chi connectivity index (χ3n) is 5.88. The van der Waals surface area contributed by atoms with Crippen molar-refractivity contribution in [2.45, 2.75) is 19.5 Å². The molecule has 1 aliphatic rings. The number of ketones is 1. The fraction of sp³-hybridized carbons (Fsp3) is 0.192. The van der Waals surface area contributed by atoms with Crippen LogP contribution in [0.2, 0.25) is 10.0 Å². The normalized spacial score (nSPS) is 17.1. The number of aliphatic hydroxyl groups excluding tert-OH is 1. The molecule has 1 amide bonds. The van der Waals surface area contributed by atoms with Crippen molar-refractivity contribution in [3.8, 4) is 11.5 Å². The minimum absolute atomic E-state index is 0.0270. The zero-order valence-electron chi connectivity index (χ0n) is 19.2. The van der Waals surface area contributed by atoms with Gasteiger partial charge in [0, 0.05) is 6.20 Å².